The number of aromatic nitrogens is 3. The average Bonchev–Trinajstić information content (AvgIpc) is 3.20. The lowest BCUT2D eigenvalue weighted by atomic mass is 9.78. The van der Waals surface area contributed by atoms with Crippen molar-refractivity contribution in [3.63, 3.8) is 0 Å². The molecule has 0 amide bonds. The van der Waals surface area contributed by atoms with Crippen molar-refractivity contribution >= 4 is 50.1 Å². The summed E-state index contributed by atoms with van der Waals surface area (Å²) in [5.74, 6) is 1.40. The van der Waals surface area contributed by atoms with Crippen LogP contribution in [0.4, 0.5) is 0 Å². The molecule has 11 heteroatoms. The Kier molecular flexibility index (Phi) is 10.2. The van der Waals surface area contributed by atoms with E-state index in [9.17, 15) is 15.3 Å². The predicted molar refractivity (Wildman–Crippen MR) is 145 cm³/mol. The van der Waals surface area contributed by atoms with Crippen molar-refractivity contribution in [1.29, 1.82) is 0 Å². The third kappa shape index (κ3) is 7.30. The Bertz CT molecular complexity index is 1110. The summed E-state index contributed by atoms with van der Waals surface area (Å²) < 4.78 is 14.3. The summed E-state index contributed by atoms with van der Waals surface area (Å²) in [5.41, 5.74) is 2.45. The molecule has 0 saturated carbocycles. The van der Waals surface area contributed by atoms with Crippen LogP contribution in [0.25, 0.3) is 0 Å². The van der Waals surface area contributed by atoms with E-state index in [0.29, 0.717) is 20.9 Å². The van der Waals surface area contributed by atoms with Crippen molar-refractivity contribution in [1.82, 2.24) is 15.0 Å². The van der Waals surface area contributed by atoms with Crippen LogP contribution in [0.15, 0.2) is 46.9 Å². The Balaban J connectivity index is 1.61. The molecule has 0 aliphatic carbocycles. The lowest BCUT2D eigenvalue weighted by molar-refractivity contribution is 0.0866. The maximum atomic E-state index is 10.3. The Morgan fingerprint density at radius 2 is 1.71 bits per heavy atom. The SMILES string of the molecule is CC(C)(c1ccc(OC[C@@H](O)Cn2nnc(I)c2CO)cc1)c1ccc(OC[C@H](O)CCl)c(Br)c1. The summed E-state index contributed by atoms with van der Waals surface area (Å²) >= 11 is 11.2. The monoisotopic (exact) mass is 679 g/mol. The highest BCUT2D eigenvalue weighted by molar-refractivity contribution is 14.1. The van der Waals surface area contributed by atoms with E-state index >= 15 is 0 Å². The summed E-state index contributed by atoms with van der Waals surface area (Å²) in [6.07, 6.45) is -1.52. The Morgan fingerprint density at radius 3 is 2.34 bits per heavy atom. The second-order valence-electron chi connectivity index (χ2n) is 8.55. The summed E-state index contributed by atoms with van der Waals surface area (Å²) in [4.78, 5) is 0. The largest absolute Gasteiger partial charge is 0.491 e. The first kappa shape index (κ1) is 28.1. The number of aliphatic hydroxyl groups is 3. The fraction of sp³-hybridized carbons (Fsp3) is 0.417. The van der Waals surface area contributed by atoms with Crippen molar-refractivity contribution in [2.24, 2.45) is 0 Å². The van der Waals surface area contributed by atoms with Crippen LogP contribution in [-0.4, -0.2) is 61.6 Å². The molecule has 3 aromatic rings. The number of ether oxygens (including phenoxy) is 2. The van der Waals surface area contributed by atoms with Gasteiger partial charge in [-0.2, -0.15) is 0 Å². The van der Waals surface area contributed by atoms with Gasteiger partial charge in [0.1, 0.15) is 40.6 Å². The Morgan fingerprint density at radius 1 is 1.06 bits per heavy atom. The fourth-order valence-corrected chi connectivity index (χ4v) is 4.55. The Labute approximate surface area is 231 Å². The summed E-state index contributed by atoms with van der Waals surface area (Å²) in [7, 11) is 0. The second kappa shape index (κ2) is 12.7. The molecule has 35 heavy (non-hydrogen) atoms. The highest BCUT2D eigenvalue weighted by Gasteiger charge is 2.24. The van der Waals surface area contributed by atoms with Gasteiger partial charge in [-0.15, -0.1) is 16.7 Å². The van der Waals surface area contributed by atoms with Crippen LogP contribution in [-0.2, 0) is 18.6 Å². The summed E-state index contributed by atoms with van der Waals surface area (Å²) in [5, 5.41) is 37.2. The molecule has 8 nitrogen and oxygen atoms in total. The third-order valence-corrected chi connectivity index (χ3v) is 7.42. The zero-order chi connectivity index (χ0) is 25.6. The molecule has 0 spiro atoms. The van der Waals surface area contributed by atoms with E-state index in [2.05, 4.69) is 40.1 Å². The van der Waals surface area contributed by atoms with Gasteiger partial charge in [-0.25, -0.2) is 4.68 Å². The molecule has 0 unspecified atom stereocenters. The van der Waals surface area contributed by atoms with E-state index in [1.165, 1.54) is 4.68 Å². The molecule has 190 valence electrons. The van der Waals surface area contributed by atoms with E-state index in [1.807, 2.05) is 65.1 Å². The maximum absolute atomic E-state index is 10.3. The number of hydrogen-bond donors (Lipinski definition) is 3. The van der Waals surface area contributed by atoms with E-state index in [1.54, 1.807) is 0 Å². The number of rotatable bonds is 12. The smallest absolute Gasteiger partial charge is 0.149 e. The van der Waals surface area contributed by atoms with Crippen LogP contribution in [0.5, 0.6) is 11.5 Å². The van der Waals surface area contributed by atoms with Gasteiger partial charge in [-0.3, -0.25) is 0 Å². The van der Waals surface area contributed by atoms with Gasteiger partial charge in [0, 0.05) is 5.41 Å². The number of halogens is 3. The first-order valence-corrected chi connectivity index (χ1v) is 13.3. The quantitative estimate of drug-likeness (QED) is 0.197. The minimum Gasteiger partial charge on any atom is -0.491 e. The molecule has 0 saturated heterocycles. The fourth-order valence-electron chi connectivity index (χ4n) is 3.42. The molecule has 0 radical (unpaired) electrons. The van der Waals surface area contributed by atoms with Crippen LogP contribution < -0.4 is 9.47 Å². The maximum Gasteiger partial charge on any atom is 0.149 e. The minimum absolute atomic E-state index is 0.0802. The molecule has 3 N–H and O–H groups in total. The standard InChI is InChI=1S/C24H28BrClIN3O5/c1-24(2,16-5-8-22(20(25)9-16)35-13-17(32)10-26)15-3-6-19(7-4-15)34-14-18(33)11-30-21(12-31)23(27)28-29-30/h3-9,17-18,31-33H,10-14H2,1-2H3/t17-,18+/m1/s1. The lowest BCUT2D eigenvalue weighted by Crippen LogP contribution is -2.25. The second-order valence-corrected chi connectivity index (χ2v) is 10.7. The van der Waals surface area contributed by atoms with Gasteiger partial charge in [0.05, 0.1) is 29.2 Å². The molecule has 1 aromatic heterocycles. The van der Waals surface area contributed by atoms with Crippen LogP contribution in [0.3, 0.4) is 0 Å². The number of nitrogens with zero attached hydrogens (tertiary/aromatic N) is 3. The van der Waals surface area contributed by atoms with Crippen molar-refractivity contribution in [3.8, 4) is 11.5 Å². The van der Waals surface area contributed by atoms with Crippen molar-refractivity contribution < 1.29 is 24.8 Å². The van der Waals surface area contributed by atoms with E-state index in [4.69, 9.17) is 21.1 Å². The molecule has 0 aliphatic rings. The average molecular weight is 681 g/mol. The number of aliphatic hydroxyl groups excluding tert-OH is 3. The van der Waals surface area contributed by atoms with E-state index in [0.717, 1.165) is 15.6 Å². The number of benzene rings is 2. The molecule has 0 bridgehead atoms. The topological polar surface area (TPSA) is 110 Å². The summed E-state index contributed by atoms with van der Waals surface area (Å²) in [6, 6.07) is 13.6. The lowest BCUT2D eigenvalue weighted by Gasteiger charge is -2.27. The number of alkyl halides is 1. The van der Waals surface area contributed by atoms with Crippen molar-refractivity contribution in [2.45, 2.75) is 44.6 Å². The van der Waals surface area contributed by atoms with Gasteiger partial charge in [-0.05, 0) is 73.9 Å². The molecular formula is C24H28BrClIN3O5. The van der Waals surface area contributed by atoms with Crippen LogP contribution >= 0.6 is 50.1 Å². The molecule has 2 atom stereocenters. The van der Waals surface area contributed by atoms with Gasteiger partial charge >= 0.3 is 0 Å². The minimum atomic E-state index is -0.808. The van der Waals surface area contributed by atoms with E-state index in [-0.39, 0.29) is 37.7 Å². The Hall–Kier alpha value is -1.44. The molecule has 2 aromatic carbocycles. The van der Waals surface area contributed by atoms with Gasteiger partial charge in [0.25, 0.3) is 0 Å². The third-order valence-electron chi connectivity index (χ3n) is 5.60. The van der Waals surface area contributed by atoms with Gasteiger partial charge in [0.2, 0.25) is 0 Å². The molecule has 3 rings (SSSR count). The highest BCUT2D eigenvalue weighted by Crippen LogP contribution is 2.36. The van der Waals surface area contributed by atoms with Crippen molar-refractivity contribution in [3.05, 3.63) is 67.5 Å². The van der Waals surface area contributed by atoms with Crippen LogP contribution in [0.1, 0.15) is 30.7 Å². The summed E-state index contributed by atoms with van der Waals surface area (Å²) in [6.45, 7) is 4.45. The first-order chi connectivity index (χ1) is 16.6. The normalized spacial score (nSPS) is 13.5. The van der Waals surface area contributed by atoms with E-state index < -0.39 is 12.2 Å². The van der Waals surface area contributed by atoms with Crippen molar-refractivity contribution in [2.75, 3.05) is 19.1 Å². The first-order valence-electron chi connectivity index (χ1n) is 10.9. The van der Waals surface area contributed by atoms with Gasteiger partial charge in [-0.1, -0.05) is 37.3 Å². The van der Waals surface area contributed by atoms with Crippen LogP contribution in [0.2, 0.25) is 0 Å². The van der Waals surface area contributed by atoms with Gasteiger partial charge < -0.3 is 24.8 Å². The zero-order valence-corrected chi connectivity index (χ0v) is 23.9. The zero-order valence-electron chi connectivity index (χ0n) is 19.4. The highest BCUT2D eigenvalue weighted by atomic mass is 127. The molecule has 0 fully saturated rings. The number of hydrogen-bond acceptors (Lipinski definition) is 7. The predicted octanol–water partition coefficient (Wildman–Crippen LogP) is 3.88. The molecule has 1 heterocycles. The molecule has 0 aliphatic heterocycles. The van der Waals surface area contributed by atoms with Crippen LogP contribution in [0, 0.1) is 3.70 Å². The van der Waals surface area contributed by atoms with Gasteiger partial charge in [0.15, 0.2) is 0 Å². The molecular weight excluding hydrogens is 653 g/mol.